The van der Waals surface area contributed by atoms with Crippen LogP contribution in [0, 0.1) is 5.92 Å². The van der Waals surface area contributed by atoms with Crippen molar-refractivity contribution >= 4 is 17.7 Å². The summed E-state index contributed by atoms with van der Waals surface area (Å²) in [4.78, 5) is 18.7. The lowest BCUT2D eigenvalue weighted by Crippen LogP contribution is -2.39. The van der Waals surface area contributed by atoms with E-state index in [9.17, 15) is 18.7 Å². The van der Waals surface area contributed by atoms with Gasteiger partial charge in [-0.15, -0.1) is 0 Å². The number of nitrogens with two attached hydrogens (primary N) is 1. The molecule has 2 atom stereocenters. The van der Waals surface area contributed by atoms with Crippen molar-refractivity contribution in [2.24, 2.45) is 16.6 Å². The zero-order chi connectivity index (χ0) is 25.2. The van der Waals surface area contributed by atoms with Gasteiger partial charge >= 0.3 is 0 Å². The third-order valence-electron chi connectivity index (χ3n) is 7.99. The normalized spacial score (nSPS) is 29.2. The number of carbonyl (C=O) groups is 1. The molecule has 4 rings (SSSR count). The zero-order valence-corrected chi connectivity index (χ0v) is 20.4. The highest BCUT2D eigenvalue weighted by molar-refractivity contribution is 6.09. The number of halogens is 2. The van der Waals surface area contributed by atoms with Crippen LogP contribution in [0.1, 0.15) is 50.2 Å². The van der Waals surface area contributed by atoms with Crippen molar-refractivity contribution in [3.63, 3.8) is 0 Å². The third-order valence-corrected chi connectivity index (χ3v) is 7.99. The first kappa shape index (κ1) is 25.5. The maximum atomic E-state index is 13.1. The first-order valence-corrected chi connectivity index (χ1v) is 12.4. The molecule has 3 fully saturated rings. The molecule has 1 saturated heterocycles. The van der Waals surface area contributed by atoms with Gasteiger partial charge in [-0.1, -0.05) is 30.8 Å². The largest absolute Gasteiger partial charge is 0.393 e. The van der Waals surface area contributed by atoms with E-state index in [0.717, 1.165) is 31.4 Å². The Morgan fingerprint density at radius 3 is 2.57 bits per heavy atom. The summed E-state index contributed by atoms with van der Waals surface area (Å²) in [6.07, 6.45) is 5.22. The van der Waals surface area contributed by atoms with Gasteiger partial charge in [0.1, 0.15) is 19.2 Å². The minimum absolute atomic E-state index is 0.00457. The van der Waals surface area contributed by atoms with E-state index in [1.807, 2.05) is 17.0 Å². The number of amides is 1. The highest BCUT2D eigenvalue weighted by Gasteiger charge is 2.61. The number of nitrogens with one attached hydrogen (secondary N) is 1. The monoisotopic (exact) mass is 486 g/mol. The average Bonchev–Trinajstić information content (AvgIpc) is 3.44. The predicted molar refractivity (Wildman–Crippen MR) is 134 cm³/mol. The summed E-state index contributed by atoms with van der Waals surface area (Å²) in [5.74, 6) is 0.344. The molecule has 0 bridgehead atoms. The molecule has 0 radical (unpaired) electrons. The van der Waals surface area contributed by atoms with E-state index in [1.165, 1.54) is 5.56 Å². The van der Waals surface area contributed by atoms with Crippen molar-refractivity contribution in [1.29, 1.82) is 0 Å². The van der Waals surface area contributed by atoms with Gasteiger partial charge in [-0.3, -0.25) is 9.69 Å². The molecular formula is C27H36F2N4O2. The standard InChI is InChI=1S/C27H36F2N4O2/c1-17(14-31-25(30)18(2)26(35)32-22-7-9-24(34)10-8-22)19-3-5-20(6-4-19)27-11-21(27)15-33(16-27)23(12-28)13-29/h3-6,14,21-24,34H,1,7-13,15-16,30H2,2H3,(H,32,35)/b25-18+,31-14?/t21-,22?,24?,27+/m0/s1. The summed E-state index contributed by atoms with van der Waals surface area (Å²) in [6, 6.07) is 7.51. The second kappa shape index (κ2) is 10.6. The van der Waals surface area contributed by atoms with Crippen LogP contribution < -0.4 is 11.1 Å². The quantitative estimate of drug-likeness (QED) is 0.369. The molecule has 35 heavy (non-hydrogen) atoms. The van der Waals surface area contributed by atoms with E-state index >= 15 is 0 Å². The molecule has 4 N–H and O–H groups in total. The Hall–Kier alpha value is -2.58. The highest BCUT2D eigenvalue weighted by atomic mass is 19.1. The van der Waals surface area contributed by atoms with Crippen molar-refractivity contribution in [3.05, 3.63) is 53.4 Å². The fraction of sp³-hybridized carbons (Fsp3) is 0.556. The number of hydrogen-bond acceptors (Lipinski definition) is 5. The number of alkyl halides is 2. The molecule has 1 heterocycles. The van der Waals surface area contributed by atoms with Crippen molar-refractivity contribution in [1.82, 2.24) is 10.2 Å². The SMILES string of the molecule is C=C(C=N/C(N)=C(\C)C(=O)NC1CCC(O)CC1)c1ccc([C@]23C[C@H]2CN(C(CF)CF)C3)cc1. The number of hydrogen-bond donors (Lipinski definition) is 3. The lowest BCUT2D eigenvalue weighted by Gasteiger charge is -2.26. The Morgan fingerprint density at radius 1 is 1.29 bits per heavy atom. The number of allylic oxidation sites excluding steroid dienone is 1. The van der Waals surface area contributed by atoms with Gasteiger partial charge in [0.05, 0.1) is 17.7 Å². The minimum atomic E-state index is -0.652. The van der Waals surface area contributed by atoms with Crippen LogP contribution in [0.4, 0.5) is 8.78 Å². The Morgan fingerprint density at radius 2 is 1.94 bits per heavy atom. The molecular weight excluding hydrogens is 450 g/mol. The van der Waals surface area contributed by atoms with Crippen LogP contribution in [0.15, 0.2) is 47.2 Å². The number of aliphatic hydroxyl groups excluding tert-OH is 1. The van der Waals surface area contributed by atoms with Crippen LogP contribution >= 0.6 is 0 Å². The summed E-state index contributed by atoms with van der Waals surface area (Å²) >= 11 is 0. The Balaban J connectivity index is 1.34. The number of likely N-dealkylation sites (tertiary alicyclic amines) is 1. The summed E-state index contributed by atoms with van der Waals surface area (Å²) in [7, 11) is 0. The van der Waals surface area contributed by atoms with E-state index in [0.29, 0.717) is 36.5 Å². The molecule has 1 aromatic rings. The second-order valence-electron chi connectivity index (χ2n) is 10.3. The van der Waals surface area contributed by atoms with Crippen LogP contribution in [0.2, 0.25) is 0 Å². The topological polar surface area (TPSA) is 90.9 Å². The predicted octanol–water partition coefficient (Wildman–Crippen LogP) is 3.26. The van der Waals surface area contributed by atoms with Gasteiger partial charge in [0.15, 0.2) is 0 Å². The maximum Gasteiger partial charge on any atom is 0.250 e. The highest BCUT2D eigenvalue weighted by Crippen LogP contribution is 2.59. The van der Waals surface area contributed by atoms with Crippen LogP contribution in [0.5, 0.6) is 0 Å². The van der Waals surface area contributed by atoms with Gasteiger partial charge in [0, 0.05) is 30.8 Å². The van der Waals surface area contributed by atoms with Crippen LogP contribution in [-0.4, -0.2) is 66.8 Å². The number of nitrogens with zero attached hydrogens (tertiary/aromatic N) is 2. The number of piperidine rings is 1. The Bertz CT molecular complexity index is 997. The molecule has 2 saturated carbocycles. The fourth-order valence-corrected chi connectivity index (χ4v) is 5.45. The maximum absolute atomic E-state index is 13.1. The summed E-state index contributed by atoms with van der Waals surface area (Å²) < 4.78 is 26.2. The van der Waals surface area contributed by atoms with E-state index in [4.69, 9.17) is 5.73 Å². The van der Waals surface area contributed by atoms with Gasteiger partial charge in [-0.25, -0.2) is 13.8 Å². The lowest BCUT2D eigenvalue weighted by atomic mass is 9.93. The van der Waals surface area contributed by atoms with Crippen LogP contribution in [0.25, 0.3) is 5.57 Å². The van der Waals surface area contributed by atoms with Gasteiger partial charge in [-0.05, 0) is 61.6 Å². The first-order chi connectivity index (χ1) is 16.8. The molecule has 3 aliphatic rings. The smallest absolute Gasteiger partial charge is 0.250 e. The molecule has 8 heteroatoms. The molecule has 190 valence electrons. The molecule has 1 aromatic carbocycles. The molecule has 6 nitrogen and oxygen atoms in total. The van der Waals surface area contributed by atoms with Gasteiger partial charge < -0.3 is 16.2 Å². The van der Waals surface area contributed by atoms with Crippen LogP contribution in [0.3, 0.4) is 0 Å². The number of aliphatic imine (C=N–C) groups is 1. The molecule has 1 amide bonds. The molecule has 0 spiro atoms. The number of rotatable bonds is 9. The summed E-state index contributed by atoms with van der Waals surface area (Å²) in [5, 5.41) is 12.6. The fourth-order valence-electron chi connectivity index (χ4n) is 5.45. The van der Waals surface area contributed by atoms with Crippen LogP contribution in [-0.2, 0) is 10.2 Å². The van der Waals surface area contributed by atoms with Crippen molar-refractivity contribution in [2.75, 3.05) is 26.4 Å². The third kappa shape index (κ3) is 5.48. The Kier molecular flexibility index (Phi) is 7.71. The van der Waals surface area contributed by atoms with Crippen molar-refractivity contribution in [2.45, 2.75) is 62.6 Å². The number of fused-ring (bicyclic) bond motifs is 1. The van der Waals surface area contributed by atoms with Crippen molar-refractivity contribution < 1.29 is 18.7 Å². The molecule has 0 unspecified atom stereocenters. The number of benzene rings is 1. The zero-order valence-electron chi connectivity index (χ0n) is 20.4. The molecule has 1 aliphatic heterocycles. The Labute approximate surface area is 206 Å². The van der Waals surface area contributed by atoms with E-state index < -0.39 is 19.4 Å². The molecule has 0 aromatic heterocycles. The number of aliphatic hydroxyl groups is 1. The van der Waals surface area contributed by atoms with E-state index in [2.05, 4.69) is 29.0 Å². The minimum Gasteiger partial charge on any atom is -0.393 e. The van der Waals surface area contributed by atoms with Crippen molar-refractivity contribution in [3.8, 4) is 0 Å². The first-order valence-electron chi connectivity index (χ1n) is 12.4. The van der Waals surface area contributed by atoms with E-state index in [1.54, 1.807) is 13.1 Å². The summed E-state index contributed by atoms with van der Waals surface area (Å²) in [6.45, 7) is 5.86. The van der Waals surface area contributed by atoms with Gasteiger partial charge in [-0.2, -0.15) is 0 Å². The average molecular weight is 487 g/mol. The van der Waals surface area contributed by atoms with Gasteiger partial charge in [0.2, 0.25) is 0 Å². The van der Waals surface area contributed by atoms with E-state index in [-0.39, 0.29) is 29.3 Å². The second-order valence-corrected chi connectivity index (χ2v) is 10.3. The number of carbonyl (C=O) groups excluding carboxylic acids is 1. The lowest BCUT2D eigenvalue weighted by molar-refractivity contribution is -0.118. The summed E-state index contributed by atoms with van der Waals surface area (Å²) in [5.41, 5.74) is 9.15. The van der Waals surface area contributed by atoms with Gasteiger partial charge in [0.25, 0.3) is 5.91 Å². The molecule has 2 aliphatic carbocycles.